The molecule has 8 heteroatoms. The van der Waals surface area contributed by atoms with Crippen LogP contribution in [0.15, 0.2) is 29.3 Å². The Bertz CT molecular complexity index is 582. The van der Waals surface area contributed by atoms with Gasteiger partial charge < -0.3 is 25.8 Å². The summed E-state index contributed by atoms with van der Waals surface area (Å²) >= 11 is 0. The van der Waals surface area contributed by atoms with Gasteiger partial charge in [-0.05, 0) is 37.0 Å². The second kappa shape index (κ2) is 14.5. The van der Waals surface area contributed by atoms with E-state index in [-0.39, 0.29) is 36.7 Å². The van der Waals surface area contributed by atoms with Gasteiger partial charge in [0.2, 0.25) is 0 Å². The molecule has 1 rings (SSSR count). The van der Waals surface area contributed by atoms with Crippen molar-refractivity contribution in [2.75, 3.05) is 26.8 Å². The monoisotopic (exact) mass is 492 g/mol. The van der Waals surface area contributed by atoms with Gasteiger partial charge in [0.15, 0.2) is 12.6 Å². The van der Waals surface area contributed by atoms with Crippen LogP contribution < -0.4 is 21.1 Å². The normalized spacial score (nSPS) is 12.3. The minimum atomic E-state index is -0.495. The lowest BCUT2D eigenvalue weighted by Gasteiger charge is -2.21. The lowest BCUT2D eigenvalue weighted by molar-refractivity contribution is -0.119. The van der Waals surface area contributed by atoms with Gasteiger partial charge in [0.25, 0.3) is 5.91 Å². The summed E-state index contributed by atoms with van der Waals surface area (Å²) in [5.74, 6) is 1.33. The predicted octanol–water partition coefficient (Wildman–Crippen LogP) is 2.28. The van der Waals surface area contributed by atoms with Crippen LogP contribution >= 0.6 is 24.0 Å². The Morgan fingerprint density at radius 3 is 2.63 bits per heavy atom. The van der Waals surface area contributed by atoms with Crippen LogP contribution in [0, 0.1) is 5.92 Å². The quantitative estimate of drug-likeness (QED) is 0.250. The molecule has 0 spiro atoms. The Labute approximate surface area is 179 Å². The summed E-state index contributed by atoms with van der Waals surface area (Å²) in [7, 11) is 1.74. The number of hydrogen-bond acceptors (Lipinski definition) is 4. The van der Waals surface area contributed by atoms with E-state index in [1.807, 2.05) is 25.1 Å². The first-order valence-corrected chi connectivity index (χ1v) is 9.02. The van der Waals surface area contributed by atoms with E-state index in [1.54, 1.807) is 13.1 Å². The van der Waals surface area contributed by atoms with Crippen molar-refractivity contribution in [3.63, 3.8) is 0 Å². The Kier molecular flexibility index (Phi) is 13.7. The summed E-state index contributed by atoms with van der Waals surface area (Å²) in [6.45, 7) is 8.32. The molecule has 1 amide bonds. The van der Waals surface area contributed by atoms with E-state index in [2.05, 4.69) is 29.5 Å². The highest BCUT2D eigenvalue weighted by Gasteiger charge is 2.13. The molecule has 1 atom stereocenters. The third kappa shape index (κ3) is 11.0. The molecule has 154 valence electrons. The maximum Gasteiger partial charge on any atom is 0.255 e. The van der Waals surface area contributed by atoms with Crippen LogP contribution in [0.3, 0.4) is 0 Å². The SMILES string of the molecule is CCOC(CCNC(=NC)NCc1cccc(OCC(N)=O)c1)C(C)C.I. The number of aliphatic imine (C=N–C) groups is 1. The highest BCUT2D eigenvalue weighted by molar-refractivity contribution is 14.0. The Balaban J connectivity index is 0.00000676. The van der Waals surface area contributed by atoms with Crippen molar-refractivity contribution >= 4 is 35.8 Å². The molecular weight excluding hydrogens is 459 g/mol. The number of carbonyl (C=O) groups excluding carboxylic acids is 1. The highest BCUT2D eigenvalue weighted by Crippen LogP contribution is 2.13. The third-order valence-corrected chi connectivity index (χ3v) is 3.81. The molecule has 27 heavy (non-hydrogen) atoms. The fourth-order valence-electron chi connectivity index (χ4n) is 2.46. The molecule has 1 aromatic carbocycles. The van der Waals surface area contributed by atoms with E-state index in [0.717, 1.165) is 31.1 Å². The molecule has 0 fully saturated rings. The van der Waals surface area contributed by atoms with E-state index in [4.69, 9.17) is 15.2 Å². The number of amides is 1. The van der Waals surface area contributed by atoms with Crippen LogP contribution in [0.1, 0.15) is 32.8 Å². The van der Waals surface area contributed by atoms with Gasteiger partial charge in [0.1, 0.15) is 5.75 Å². The summed E-state index contributed by atoms with van der Waals surface area (Å²) < 4.78 is 11.1. The van der Waals surface area contributed by atoms with Gasteiger partial charge in [-0.2, -0.15) is 0 Å². The smallest absolute Gasteiger partial charge is 0.255 e. The first kappa shape index (κ1) is 25.4. The predicted molar refractivity (Wildman–Crippen MR) is 120 cm³/mol. The fourth-order valence-corrected chi connectivity index (χ4v) is 2.46. The zero-order chi connectivity index (χ0) is 19.4. The zero-order valence-electron chi connectivity index (χ0n) is 16.7. The van der Waals surface area contributed by atoms with Crippen molar-refractivity contribution in [3.8, 4) is 5.75 Å². The molecule has 0 aromatic heterocycles. The molecule has 0 aliphatic heterocycles. The summed E-state index contributed by atoms with van der Waals surface area (Å²) in [6.07, 6.45) is 1.16. The number of nitrogens with one attached hydrogen (secondary N) is 2. The molecule has 0 saturated heterocycles. The molecule has 0 saturated carbocycles. The minimum absolute atomic E-state index is 0. The average molecular weight is 492 g/mol. The number of ether oxygens (including phenoxy) is 2. The molecule has 0 heterocycles. The molecule has 7 nitrogen and oxygen atoms in total. The van der Waals surface area contributed by atoms with Crippen LogP contribution in [0.5, 0.6) is 5.75 Å². The zero-order valence-corrected chi connectivity index (χ0v) is 19.0. The molecule has 1 aromatic rings. The standard InChI is InChI=1S/C19H32N4O3.HI/c1-5-25-17(14(2)3)9-10-22-19(21-4)23-12-15-7-6-8-16(11-15)26-13-18(20)24;/h6-8,11,14,17H,5,9-10,12-13H2,1-4H3,(H2,20,24)(H2,21,22,23);1H. The number of nitrogens with zero attached hydrogens (tertiary/aromatic N) is 1. The van der Waals surface area contributed by atoms with Crippen molar-refractivity contribution in [1.82, 2.24) is 10.6 Å². The van der Waals surface area contributed by atoms with Crippen LogP contribution in [-0.4, -0.2) is 44.8 Å². The number of rotatable bonds is 11. The minimum Gasteiger partial charge on any atom is -0.484 e. The lowest BCUT2D eigenvalue weighted by Crippen LogP contribution is -2.38. The van der Waals surface area contributed by atoms with E-state index < -0.39 is 5.91 Å². The molecular formula is C19H33IN4O3. The van der Waals surface area contributed by atoms with Crippen LogP contribution in [0.2, 0.25) is 0 Å². The van der Waals surface area contributed by atoms with Crippen molar-refractivity contribution in [2.45, 2.75) is 39.8 Å². The Morgan fingerprint density at radius 1 is 1.30 bits per heavy atom. The van der Waals surface area contributed by atoms with Gasteiger partial charge in [0.05, 0.1) is 6.10 Å². The van der Waals surface area contributed by atoms with E-state index in [0.29, 0.717) is 18.2 Å². The van der Waals surface area contributed by atoms with Crippen molar-refractivity contribution in [3.05, 3.63) is 29.8 Å². The Hall–Kier alpha value is -1.55. The van der Waals surface area contributed by atoms with Gasteiger partial charge in [-0.3, -0.25) is 9.79 Å². The second-order valence-corrected chi connectivity index (χ2v) is 6.28. The van der Waals surface area contributed by atoms with Crippen LogP contribution in [0.25, 0.3) is 0 Å². The number of halogens is 1. The van der Waals surface area contributed by atoms with Crippen LogP contribution in [0.4, 0.5) is 0 Å². The van der Waals surface area contributed by atoms with Gasteiger partial charge in [-0.15, -0.1) is 24.0 Å². The largest absolute Gasteiger partial charge is 0.484 e. The molecule has 4 N–H and O–H groups in total. The van der Waals surface area contributed by atoms with Crippen molar-refractivity contribution in [2.24, 2.45) is 16.6 Å². The molecule has 0 radical (unpaired) electrons. The Morgan fingerprint density at radius 2 is 2.04 bits per heavy atom. The number of primary amides is 1. The van der Waals surface area contributed by atoms with E-state index >= 15 is 0 Å². The van der Waals surface area contributed by atoms with Crippen molar-refractivity contribution < 1.29 is 14.3 Å². The number of hydrogen-bond donors (Lipinski definition) is 3. The van der Waals surface area contributed by atoms with E-state index in [1.165, 1.54) is 0 Å². The highest BCUT2D eigenvalue weighted by atomic mass is 127. The number of guanidine groups is 1. The molecule has 1 unspecified atom stereocenters. The second-order valence-electron chi connectivity index (χ2n) is 6.28. The van der Waals surface area contributed by atoms with Crippen LogP contribution in [-0.2, 0) is 16.1 Å². The summed E-state index contributed by atoms with van der Waals surface area (Å²) in [6, 6.07) is 7.51. The van der Waals surface area contributed by atoms with Gasteiger partial charge >= 0.3 is 0 Å². The first-order valence-electron chi connectivity index (χ1n) is 9.02. The van der Waals surface area contributed by atoms with Gasteiger partial charge in [-0.25, -0.2) is 0 Å². The molecule has 0 aliphatic carbocycles. The summed E-state index contributed by atoms with van der Waals surface area (Å²) in [5.41, 5.74) is 6.11. The summed E-state index contributed by atoms with van der Waals surface area (Å²) in [4.78, 5) is 15.0. The average Bonchev–Trinajstić information content (AvgIpc) is 2.62. The molecule has 0 bridgehead atoms. The third-order valence-electron chi connectivity index (χ3n) is 3.81. The maximum atomic E-state index is 10.8. The number of benzene rings is 1. The number of carbonyl (C=O) groups is 1. The first-order chi connectivity index (χ1) is 12.5. The topological polar surface area (TPSA) is 98.0 Å². The lowest BCUT2D eigenvalue weighted by atomic mass is 10.0. The van der Waals surface area contributed by atoms with Gasteiger partial charge in [-0.1, -0.05) is 26.0 Å². The molecule has 0 aliphatic rings. The van der Waals surface area contributed by atoms with Crippen molar-refractivity contribution in [1.29, 1.82) is 0 Å². The fraction of sp³-hybridized carbons (Fsp3) is 0.579. The summed E-state index contributed by atoms with van der Waals surface area (Å²) in [5, 5.41) is 6.57. The van der Waals surface area contributed by atoms with Gasteiger partial charge in [0, 0.05) is 26.7 Å². The maximum absolute atomic E-state index is 10.8. The van der Waals surface area contributed by atoms with E-state index in [9.17, 15) is 4.79 Å². The number of nitrogens with two attached hydrogens (primary N) is 1.